The van der Waals surface area contributed by atoms with E-state index in [0.29, 0.717) is 29.7 Å². The molecule has 0 bridgehead atoms. The van der Waals surface area contributed by atoms with Crippen LogP contribution in [0.5, 0.6) is 0 Å². The lowest BCUT2D eigenvalue weighted by Crippen LogP contribution is -2.35. The first-order valence-corrected chi connectivity index (χ1v) is 5.63. The highest BCUT2D eigenvalue weighted by Crippen LogP contribution is 2.33. The molecule has 0 aromatic heterocycles. The lowest BCUT2D eigenvalue weighted by molar-refractivity contribution is -0.0902. The fourth-order valence-electron chi connectivity index (χ4n) is 1.79. The SMILES string of the molecule is OC1(c2ccc(Cl)c(Cl)c2)CCCOC1. The van der Waals surface area contributed by atoms with Gasteiger partial charge in [0.15, 0.2) is 0 Å². The van der Waals surface area contributed by atoms with Crippen LogP contribution in [0.3, 0.4) is 0 Å². The molecule has 0 saturated carbocycles. The molecule has 82 valence electrons. The average Bonchev–Trinajstić information content (AvgIpc) is 2.23. The molecule has 2 nitrogen and oxygen atoms in total. The first kappa shape index (κ1) is 11.2. The molecular formula is C11H12Cl2O2. The van der Waals surface area contributed by atoms with E-state index in [1.807, 2.05) is 0 Å². The van der Waals surface area contributed by atoms with E-state index in [4.69, 9.17) is 27.9 Å². The van der Waals surface area contributed by atoms with E-state index in [9.17, 15) is 5.11 Å². The lowest BCUT2D eigenvalue weighted by Gasteiger charge is -2.32. The third-order valence-electron chi connectivity index (χ3n) is 2.68. The molecule has 0 aliphatic carbocycles. The Morgan fingerprint density at radius 1 is 1.27 bits per heavy atom. The first-order valence-electron chi connectivity index (χ1n) is 4.87. The summed E-state index contributed by atoms with van der Waals surface area (Å²) in [6.45, 7) is 1.04. The van der Waals surface area contributed by atoms with Crippen molar-refractivity contribution in [2.45, 2.75) is 18.4 Å². The smallest absolute Gasteiger partial charge is 0.113 e. The van der Waals surface area contributed by atoms with Crippen LogP contribution in [0.25, 0.3) is 0 Å². The lowest BCUT2D eigenvalue weighted by atomic mass is 9.88. The van der Waals surface area contributed by atoms with Crippen molar-refractivity contribution in [1.82, 2.24) is 0 Å². The first-order chi connectivity index (χ1) is 7.12. The van der Waals surface area contributed by atoms with Crippen molar-refractivity contribution in [2.75, 3.05) is 13.2 Å². The van der Waals surface area contributed by atoms with Crippen molar-refractivity contribution in [2.24, 2.45) is 0 Å². The van der Waals surface area contributed by atoms with Gasteiger partial charge in [-0.1, -0.05) is 29.3 Å². The van der Waals surface area contributed by atoms with Gasteiger partial charge in [-0.05, 0) is 30.5 Å². The number of aliphatic hydroxyl groups is 1. The second-order valence-corrected chi connectivity index (χ2v) is 4.63. The molecule has 1 fully saturated rings. The molecule has 1 unspecified atom stereocenters. The maximum Gasteiger partial charge on any atom is 0.113 e. The fourth-order valence-corrected chi connectivity index (χ4v) is 2.09. The summed E-state index contributed by atoms with van der Waals surface area (Å²) in [7, 11) is 0. The average molecular weight is 247 g/mol. The van der Waals surface area contributed by atoms with Crippen LogP contribution >= 0.6 is 23.2 Å². The molecule has 1 aliphatic rings. The molecule has 0 radical (unpaired) electrons. The maximum absolute atomic E-state index is 10.3. The van der Waals surface area contributed by atoms with Crippen molar-refractivity contribution in [3.63, 3.8) is 0 Å². The van der Waals surface area contributed by atoms with Gasteiger partial charge in [-0.25, -0.2) is 0 Å². The maximum atomic E-state index is 10.3. The van der Waals surface area contributed by atoms with Gasteiger partial charge in [-0.2, -0.15) is 0 Å². The standard InChI is InChI=1S/C11H12Cl2O2/c12-9-3-2-8(6-10(9)13)11(14)4-1-5-15-7-11/h2-3,6,14H,1,4-5,7H2. The third kappa shape index (κ3) is 2.28. The number of hydrogen-bond donors (Lipinski definition) is 1. The van der Waals surface area contributed by atoms with Gasteiger partial charge in [0.05, 0.1) is 16.7 Å². The highest BCUT2D eigenvalue weighted by atomic mass is 35.5. The molecule has 1 aromatic rings. The fraction of sp³-hybridized carbons (Fsp3) is 0.455. The van der Waals surface area contributed by atoms with Crippen LogP contribution in [0.15, 0.2) is 18.2 Å². The Kier molecular flexibility index (Phi) is 3.21. The van der Waals surface area contributed by atoms with Crippen molar-refractivity contribution in [1.29, 1.82) is 0 Å². The summed E-state index contributed by atoms with van der Waals surface area (Å²) in [6.07, 6.45) is 1.56. The molecule has 1 heterocycles. The Labute approximate surface area is 98.8 Å². The van der Waals surface area contributed by atoms with Crippen LogP contribution in [0.1, 0.15) is 18.4 Å². The molecule has 1 aromatic carbocycles. The molecular weight excluding hydrogens is 235 g/mol. The molecule has 4 heteroatoms. The molecule has 1 atom stereocenters. The Morgan fingerprint density at radius 3 is 2.67 bits per heavy atom. The molecule has 1 N–H and O–H groups in total. The minimum Gasteiger partial charge on any atom is -0.383 e. The predicted molar refractivity (Wildman–Crippen MR) is 60.4 cm³/mol. The molecule has 1 aliphatic heterocycles. The monoisotopic (exact) mass is 246 g/mol. The largest absolute Gasteiger partial charge is 0.383 e. The molecule has 15 heavy (non-hydrogen) atoms. The van der Waals surface area contributed by atoms with Gasteiger partial charge in [0.25, 0.3) is 0 Å². The van der Waals surface area contributed by atoms with E-state index in [0.717, 1.165) is 12.0 Å². The molecule has 0 spiro atoms. The Hall–Kier alpha value is -0.280. The number of ether oxygens (including phenoxy) is 1. The van der Waals surface area contributed by atoms with E-state index >= 15 is 0 Å². The van der Waals surface area contributed by atoms with Gasteiger partial charge < -0.3 is 9.84 Å². The summed E-state index contributed by atoms with van der Waals surface area (Å²) in [4.78, 5) is 0. The quantitative estimate of drug-likeness (QED) is 0.826. The van der Waals surface area contributed by atoms with Gasteiger partial charge in [0, 0.05) is 6.61 Å². The second-order valence-electron chi connectivity index (χ2n) is 3.82. The normalized spacial score (nSPS) is 26.6. The molecule has 2 rings (SSSR count). The Bertz CT molecular complexity index is 360. The summed E-state index contributed by atoms with van der Waals surface area (Å²) < 4.78 is 5.28. The topological polar surface area (TPSA) is 29.5 Å². The molecule has 1 saturated heterocycles. The Balaban J connectivity index is 2.31. The summed E-state index contributed by atoms with van der Waals surface area (Å²) in [5.41, 5.74) is -0.136. The van der Waals surface area contributed by atoms with Gasteiger partial charge >= 0.3 is 0 Å². The van der Waals surface area contributed by atoms with E-state index < -0.39 is 5.60 Å². The van der Waals surface area contributed by atoms with Gasteiger partial charge in [-0.15, -0.1) is 0 Å². The second kappa shape index (κ2) is 4.30. The van der Waals surface area contributed by atoms with E-state index in [1.54, 1.807) is 18.2 Å². The van der Waals surface area contributed by atoms with Crippen molar-refractivity contribution < 1.29 is 9.84 Å². The van der Waals surface area contributed by atoms with Crippen LogP contribution in [0.4, 0.5) is 0 Å². The van der Waals surface area contributed by atoms with E-state index in [-0.39, 0.29) is 0 Å². The van der Waals surface area contributed by atoms with Crippen molar-refractivity contribution >= 4 is 23.2 Å². The van der Waals surface area contributed by atoms with Gasteiger partial charge in [0.2, 0.25) is 0 Å². The zero-order chi connectivity index (χ0) is 10.9. The van der Waals surface area contributed by atoms with Crippen LogP contribution in [0, 0.1) is 0 Å². The summed E-state index contributed by atoms with van der Waals surface area (Å²) in [6, 6.07) is 5.20. The number of halogens is 2. The van der Waals surface area contributed by atoms with Gasteiger partial charge in [-0.3, -0.25) is 0 Å². The summed E-state index contributed by atoms with van der Waals surface area (Å²) in [5.74, 6) is 0. The van der Waals surface area contributed by atoms with Crippen LogP contribution in [-0.2, 0) is 10.3 Å². The highest BCUT2D eigenvalue weighted by Gasteiger charge is 2.32. The van der Waals surface area contributed by atoms with Crippen LogP contribution < -0.4 is 0 Å². The van der Waals surface area contributed by atoms with Crippen LogP contribution in [0.2, 0.25) is 10.0 Å². The van der Waals surface area contributed by atoms with Crippen molar-refractivity contribution in [3.8, 4) is 0 Å². The summed E-state index contributed by atoms with van der Waals surface area (Å²) in [5, 5.41) is 11.3. The Morgan fingerprint density at radius 2 is 2.07 bits per heavy atom. The third-order valence-corrected chi connectivity index (χ3v) is 3.42. The number of hydrogen-bond acceptors (Lipinski definition) is 2. The van der Waals surface area contributed by atoms with E-state index in [1.165, 1.54) is 0 Å². The summed E-state index contributed by atoms with van der Waals surface area (Å²) >= 11 is 11.7. The minimum atomic E-state index is -0.910. The van der Waals surface area contributed by atoms with E-state index in [2.05, 4.69) is 0 Å². The van der Waals surface area contributed by atoms with Crippen LogP contribution in [-0.4, -0.2) is 18.3 Å². The zero-order valence-corrected chi connectivity index (χ0v) is 9.68. The predicted octanol–water partition coefficient (Wildman–Crippen LogP) is 2.99. The molecule has 0 amide bonds. The highest BCUT2D eigenvalue weighted by molar-refractivity contribution is 6.42. The minimum absolute atomic E-state index is 0.324. The number of benzene rings is 1. The number of rotatable bonds is 1. The van der Waals surface area contributed by atoms with Crippen molar-refractivity contribution in [3.05, 3.63) is 33.8 Å². The van der Waals surface area contributed by atoms with Gasteiger partial charge in [0.1, 0.15) is 5.60 Å². The zero-order valence-electron chi connectivity index (χ0n) is 8.17.